The molecule has 0 bridgehead atoms. The molecule has 2 heterocycles. The van der Waals surface area contributed by atoms with Crippen LogP contribution in [0.5, 0.6) is 0 Å². The molecule has 2 aliphatic rings. The van der Waals surface area contributed by atoms with Crippen molar-refractivity contribution in [1.29, 1.82) is 0 Å². The lowest BCUT2D eigenvalue weighted by atomic mass is 10.1. The molecule has 2 fully saturated rings. The van der Waals surface area contributed by atoms with E-state index >= 15 is 0 Å². The lowest BCUT2D eigenvalue weighted by Crippen LogP contribution is -2.55. The molecule has 0 aromatic heterocycles. The van der Waals surface area contributed by atoms with E-state index in [9.17, 15) is 14.4 Å². The molecule has 7 heteroatoms. The molecule has 0 radical (unpaired) electrons. The summed E-state index contributed by atoms with van der Waals surface area (Å²) in [4.78, 5) is 41.6. The van der Waals surface area contributed by atoms with E-state index in [2.05, 4.69) is 5.32 Å². The van der Waals surface area contributed by atoms with Gasteiger partial charge in [0.15, 0.2) is 0 Å². The van der Waals surface area contributed by atoms with Crippen LogP contribution in [0.3, 0.4) is 0 Å². The number of nitrogens with zero attached hydrogens (tertiary/aromatic N) is 3. The number of benzene rings is 1. The standard InChI is InChI=1S/C16H20N4O3/c1-17-9-14(21)18-7-8-19-13(11-18)15(22)20(16(19)23)10-12-5-3-2-4-6-12/h2-6,13,17H,7-11H2,1H3/t13-/m1/s1. The first-order valence-electron chi connectivity index (χ1n) is 7.70. The normalized spacial score (nSPS) is 20.9. The van der Waals surface area contributed by atoms with Crippen LogP contribution in [-0.2, 0) is 16.1 Å². The Hall–Kier alpha value is -2.41. The number of urea groups is 1. The smallest absolute Gasteiger partial charge is 0.327 e. The fourth-order valence-electron chi connectivity index (χ4n) is 3.05. The van der Waals surface area contributed by atoms with Crippen molar-refractivity contribution in [3.8, 4) is 0 Å². The maximum atomic E-state index is 12.6. The van der Waals surface area contributed by atoms with E-state index in [0.717, 1.165) is 5.56 Å². The van der Waals surface area contributed by atoms with Crippen molar-refractivity contribution in [3.05, 3.63) is 35.9 Å². The van der Waals surface area contributed by atoms with Gasteiger partial charge in [-0.2, -0.15) is 0 Å². The highest BCUT2D eigenvalue weighted by Gasteiger charge is 2.48. The zero-order valence-electron chi connectivity index (χ0n) is 13.1. The largest absolute Gasteiger partial charge is 0.337 e. The second-order valence-corrected chi connectivity index (χ2v) is 5.77. The minimum absolute atomic E-state index is 0.0473. The van der Waals surface area contributed by atoms with Gasteiger partial charge in [0.1, 0.15) is 6.04 Å². The fraction of sp³-hybridized carbons (Fsp3) is 0.438. The van der Waals surface area contributed by atoms with E-state index in [-0.39, 0.29) is 37.5 Å². The number of fused-ring (bicyclic) bond motifs is 1. The van der Waals surface area contributed by atoms with Gasteiger partial charge in [0.2, 0.25) is 5.91 Å². The maximum absolute atomic E-state index is 12.6. The number of carbonyl (C=O) groups excluding carboxylic acids is 3. The van der Waals surface area contributed by atoms with Crippen molar-refractivity contribution in [2.45, 2.75) is 12.6 Å². The Morgan fingerprint density at radius 1 is 1.22 bits per heavy atom. The Kier molecular flexibility index (Phi) is 4.29. The van der Waals surface area contributed by atoms with Crippen molar-refractivity contribution in [3.63, 3.8) is 0 Å². The van der Waals surface area contributed by atoms with Crippen LogP contribution < -0.4 is 5.32 Å². The number of hydrogen-bond acceptors (Lipinski definition) is 4. The van der Waals surface area contributed by atoms with Crippen LogP contribution in [0.4, 0.5) is 4.79 Å². The predicted molar refractivity (Wildman–Crippen MR) is 83.4 cm³/mol. The van der Waals surface area contributed by atoms with Crippen LogP contribution in [0, 0.1) is 0 Å². The number of hydrogen-bond donors (Lipinski definition) is 1. The van der Waals surface area contributed by atoms with Gasteiger partial charge in [0, 0.05) is 13.1 Å². The van der Waals surface area contributed by atoms with Gasteiger partial charge in [-0.3, -0.25) is 14.5 Å². The first-order valence-corrected chi connectivity index (χ1v) is 7.70. The Morgan fingerprint density at radius 2 is 1.96 bits per heavy atom. The third-order valence-electron chi connectivity index (χ3n) is 4.27. The topological polar surface area (TPSA) is 73.0 Å². The Bertz CT molecular complexity index is 619. The number of nitrogens with one attached hydrogen (secondary N) is 1. The molecule has 1 aromatic rings. The highest BCUT2D eigenvalue weighted by atomic mass is 16.2. The number of piperazine rings is 1. The summed E-state index contributed by atoms with van der Waals surface area (Å²) >= 11 is 0. The summed E-state index contributed by atoms with van der Waals surface area (Å²) in [5.74, 6) is -0.269. The van der Waals surface area contributed by atoms with Crippen LogP contribution >= 0.6 is 0 Å². The molecule has 1 atom stereocenters. The molecule has 0 unspecified atom stereocenters. The van der Waals surface area contributed by atoms with Gasteiger partial charge in [-0.1, -0.05) is 30.3 Å². The van der Waals surface area contributed by atoms with Crippen molar-refractivity contribution in [1.82, 2.24) is 20.0 Å². The quantitative estimate of drug-likeness (QED) is 0.786. The highest BCUT2D eigenvalue weighted by molar-refractivity contribution is 6.04. The van der Waals surface area contributed by atoms with E-state index < -0.39 is 6.04 Å². The van der Waals surface area contributed by atoms with Gasteiger partial charge in [-0.15, -0.1) is 0 Å². The molecular formula is C16H20N4O3. The van der Waals surface area contributed by atoms with Gasteiger partial charge in [0.25, 0.3) is 5.91 Å². The second-order valence-electron chi connectivity index (χ2n) is 5.77. The molecule has 0 spiro atoms. The molecule has 0 saturated carbocycles. The van der Waals surface area contributed by atoms with Crippen LogP contribution in [0.1, 0.15) is 5.56 Å². The summed E-state index contributed by atoms with van der Waals surface area (Å²) in [6.45, 7) is 1.65. The third-order valence-corrected chi connectivity index (χ3v) is 4.27. The number of carbonyl (C=O) groups is 3. The zero-order chi connectivity index (χ0) is 16.4. The molecule has 3 rings (SSSR count). The average molecular weight is 316 g/mol. The third kappa shape index (κ3) is 2.92. The fourth-order valence-corrected chi connectivity index (χ4v) is 3.05. The zero-order valence-corrected chi connectivity index (χ0v) is 13.1. The number of imide groups is 1. The van der Waals surface area contributed by atoms with E-state index in [1.165, 1.54) is 4.90 Å². The van der Waals surface area contributed by atoms with Crippen LogP contribution in [0.15, 0.2) is 30.3 Å². The van der Waals surface area contributed by atoms with Crippen LogP contribution in [0.25, 0.3) is 0 Å². The van der Waals surface area contributed by atoms with Crippen molar-refractivity contribution in [2.24, 2.45) is 0 Å². The lowest BCUT2D eigenvalue weighted by Gasteiger charge is -2.35. The summed E-state index contributed by atoms with van der Waals surface area (Å²) in [5.41, 5.74) is 0.914. The van der Waals surface area contributed by atoms with Gasteiger partial charge in [0.05, 0.1) is 19.6 Å². The summed E-state index contributed by atoms with van der Waals surface area (Å²) in [7, 11) is 1.71. The van der Waals surface area contributed by atoms with Crippen molar-refractivity contribution < 1.29 is 14.4 Å². The molecule has 122 valence electrons. The van der Waals surface area contributed by atoms with Gasteiger partial charge < -0.3 is 15.1 Å². The molecule has 2 aliphatic heterocycles. The predicted octanol–water partition coefficient (Wildman–Crippen LogP) is -0.119. The molecule has 23 heavy (non-hydrogen) atoms. The van der Waals surface area contributed by atoms with Gasteiger partial charge in [-0.25, -0.2) is 4.79 Å². The maximum Gasteiger partial charge on any atom is 0.327 e. The SMILES string of the molecule is CNCC(=O)N1CCN2C(=O)N(Cc3ccccc3)C(=O)[C@H]2C1. The van der Waals surface area contributed by atoms with E-state index in [1.54, 1.807) is 16.8 Å². The van der Waals surface area contributed by atoms with Crippen LogP contribution in [0.2, 0.25) is 0 Å². The number of likely N-dealkylation sites (N-methyl/N-ethyl adjacent to an activating group) is 1. The first kappa shape index (κ1) is 15.5. The molecule has 1 aromatic carbocycles. The van der Waals surface area contributed by atoms with Gasteiger partial charge in [-0.05, 0) is 12.6 Å². The van der Waals surface area contributed by atoms with E-state index in [4.69, 9.17) is 0 Å². The molecule has 7 nitrogen and oxygen atoms in total. The highest BCUT2D eigenvalue weighted by Crippen LogP contribution is 2.23. The Labute approximate surface area is 134 Å². The monoisotopic (exact) mass is 316 g/mol. The van der Waals surface area contributed by atoms with Crippen molar-refractivity contribution in [2.75, 3.05) is 33.2 Å². The Morgan fingerprint density at radius 3 is 2.65 bits per heavy atom. The summed E-state index contributed by atoms with van der Waals surface area (Å²) in [6, 6.07) is 8.62. The summed E-state index contributed by atoms with van der Waals surface area (Å²) in [6.07, 6.45) is 0. The van der Waals surface area contributed by atoms with Gasteiger partial charge >= 0.3 is 6.03 Å². The Balaban J connectivity index is 1.72. The number of rotatable bonds is 4. The molecule has 2 saturated heterocycles. The minimum Gasteiger partial charge on any atom is -0.337 e. The molecule has 1 N–H and O–H groups in total. The summed E-state index contributed by atoms with van der Waals surface area (Å²) < 4.78 is 0. The lowest BCUT2D eigenvalue weighted by molar-refractivity contribution is -0.135. The molecule has 0 aliphatic carbocycles. The molecule has 4 amide bonds. The second kappa shape index (κ2) is 6.37. The van der Waals surface area contributed by atoms with E-state index in [0.29, 0.717) is 13.1 Å². The van der Waals surface area contributed by atoms with Crippen LogP contribution in [-0.4, -0.2) is 71.8 Å². The molecular weight excluding hydrogens is 296 g/mol. The minimum atomic E-state index is -0.555. The van der Waals surface area contributed by atoms with E-state index in [1.807, 2.05) is 30.3 Å². The number of amides is 4. The first-order chi connectivity index (χ1) is 11.1. The average Bonchev–Trinajstić information content (AvgIpc) is 2.81. The van der Waals surface area contributed by atoms with Crippen molar-refractivity contribution >= 4 is 17.8 Å². The summed E-state index contributed by atoms with van der Waals surface area (Å²) in [5, 5.41) is 2.82.